The molecule has 0 aromatic heterocycles. The van der Waals surface area contributed by atoms with Crippen LogP contribution >= 0.6 is 0 Å². The van der Waals surface area contributed by atoms with Crippen LogP contribution in [0.15, 0.2) is 54.6 Å². The van der Waals surface area contributed by atoms with Crippen LogP contribution in [0.25, 0.3) is 0 Å². The lowest BCUT2D eigenvalue weighted by atomic mass is 9.83. The third kappa shape index (κ3) is 3.96. The van der Waals surface area contributed by atoms with Crippen LogP contribution < -0.4 is 4.74 Å². The number of Topliss-reactive ketones (excluding diaryl/α,β-unsaturated/α-hetero) is 1. The number of nitriles is 2. The molecule has 1 atom stereocenters. The summed E-state index contributed by atoms with van der Waals surface area (Å²) in [5.74, 6) is -0.731. The van der Waals surface area contributed by atoms with Gasteiger partial charge in [0.1, 0.15) is 11.7 Å². The van der Waals surface area contributed by atoms with E-state index in [2.05, 4.69) is 0 Å². The van der Waals surface area contributed by atoms with Crippen molar-refractivity contribution >= 4 is 5.78 Å². The van der Waals surface area contributed by atoms with Crippen LogP contribution in [0.1, 0.15) is 28.3 Å². The molecule has 0 aliphatic heterocycles. The van der Waals surface area contributed by atoms with Crippen LogP contribution in [0.5, 0.6) is 5.75 Å². The molecule has 114 valence electrons. The molecule has 0 radical (unpaired) electrons. The highest BCUT2D eigenvalue weighted by Crippen LogP contribution is 2.29. The van der Waals surface area contributed by atoms with Crippen molar-refractivity contribution in [3.05, 3.63) is 65.7 Å². The Bertz CT molecular complexity index is 726. The van der Waals surface area contributed by atoms with Crippen LogP contribution in [0, 0.1) is 28.6 Å². The molecule has 0 N–H and O–H groups in total. The van der Waals surface area contributed by atoms with Crippen molar-refractivity contribution in [1.29, 1.82) is 10.5 Å². The van der Waals surface area contributed by atoms with Crippen LogP contribution in [-0.2, 0) is 0 Å². The average Bonchev–Trinajstić information content (AvgIpc) is 2.62. The molecule has 0 spiro atoms. The highest BCUT2D eigenvalue weighted by molar-refractivity contribution is 5.96. The molecule has 4 heteroatoms. The number of ether oxygens (including phenoxy) is 1. The number of ketones is 1. The Balaban J connectivity index is 2.25. The van der Waals surface area contributed by atoms with Crippen LogP contribution in [0.3, 0.4) is 0 Å². The van der Waals surface area contributed by atoms with Crippen molar-refractivity contribution in [2.24, 2.45) is 5.92 Å². The van der Waals surface area contributed by atoms with Gasteiger partial charge in [-0.15, -0.1) is 0 Å². The average molecular weight is 304 g/mol. The minimum atomic E-state index is -0.861. The van der Waals surface area contributed by atoms with E-state index >= 15 is 0 Å². The molecule has 2 rings (SSSR count). The molecule has 0 amide bonds. The van der Waals surface area contributed by atoms with Gasteiger partial charge in [0, 0.05) is 17.9 Å². The van der Waals surface area contributed by atoms with Crippen molar-refractivity contribution in [2.75, 3.05) is 7.11 Å². The molecule has 2 aromatic rings. The molecule has 0 aliphatic carbocycles. The predicted octanol–water partition coefficient (Wildman–Crippen LogP) is 3.72. The summed E-state index contributed by atoms with van der Waals surface area (Å²) in [6, 6.07) is 20.0. The molecule has 2 aromatic carbocycles. The second-order valence-corrected chi connectivity index (χ2v) is 5.11. The predicted molar refractivity (Wildman–Crippen MR) is 85.8 cm³/mol. The van der Waals surface area contributed by atoms with Crippen molar-refractivity contribution in [2.45, 2.75) is 12.3 Å². The van der Waals surface area contributed by atoms with Crippen molar-refractivity contribution in [1.82, 2.24) is 0 Å². The number of nitrogens with zero attached hydrogens (tertiary/aromatic N) is 2. The maximum Gasteiger partial charge on any atom is 0.163 e. The first-order valence-corrected chi connectivity index (χ1v) is 7.21. The lowest BCUT2D eigenvalue weighted by molar-refractivity contribution is 0.0971. The van der Waals surface area contributed by atoms with Crippen molar-refractivity contribution in [3.8, 4) is 17.9 Å². The molecular formula is C19H16N2O2. The maximum absolute atomic E-state index is 12.5. The van der Waals surface area contributed by atoms with Gasteiger partial charge in [0.15, 0.2) is 5.78 Å². The van der Waals surface area contributed by atoms with Gasteiger partial charge in [0.2, 0.25) is 0 Å². The topological polar surface area (TPSA) is 73.9 Å². The Hall–Kier alpha value is -3.11. The van der Waals surface area contributed by atoms with Gasteiger partial charge < -0.3 is 4.74 Å². The fraction of sp³-hybridized carbons (Fsp3) is 0.211. The molecule has 23 heavy (non-hydrogen) atoms. The van der Waals surface area contributed by atoms with E-state index < -0.39 is 11.8 Å². The summed E-state index contributed by atoms with van der Waals surface area (Å²) in [6.45, 7) is 0. The quantitative estimate of drug-likeness (QED) is 0.762. The van der Waals surface area contributed by atoms with Gasteiger partial charge >= 0.3 is 0 Å². The summed E-state index contributed by atoms with van der Waals surface area (Å²) >= 11 is 0. The van der Waals surface area contributed by atoms with E-state index in [1.165, 1.54) is 0 Å². The Morgan fingerprint density at radius 2 is 1.65 bits per heavy atom. The highest BCUT2D eigenvalue weighted by atomic mass is 16.5. The molecule has 0 heterocycles. The third-order valence-corrected chi connectivity index (χ3v) is 3.73. The van der Waals surface area contributed by atoms with E-state index in [9.17, 15) is 15.3 Å². The zero-order valence-corrected chi connectivity index (χ0v) is 12.8. The summed E-state index contributed by atoms with van der Waals surface area (Å²) in [7, 11) is 1.56. The second kappa shape index (κ2) is 7.77. The molecule has 0 bridgehead atoms. The fourth-order valence-electron chi connectivity index (χ4n) is 2.43. The molecule has 4 nitrogen and oxygen atoms in total. The van der Waals surface area contributed by atoms with E-state index in [0.29, 0.717) is 11.3 Å². The zero-order chi connectivity index (χ0) is 16.7. The number of methoxy groups -OCH3 is 1. The molecule has 0 fully saturated rings. The normalized spacial score (nSPS) is 11.3. The summed E-state index contributed by atoms with van der Waals surface area (Å²) in [5.41, 5.74) is 1.36. The standard InChI is InChI=1S/C19H16N2O2/c1-23-17-9-7-15(8-10-17)19(22)11-18(16(12-20)13-21)14-5-3-2-4-6-14/h2-10,16,18H,11H2,1H3/t18-/m1/s1. The lowest BCUT2D eigenvalue weighted by Crippen LogP contribution is -2.15. The number of carbonyl (C=O) groups excluding carboxylic acids is 1. The Kier molecular flexibility index (Phi) is 5.50. The van der Waals surface area contributed by atoms with Gasteiger partial charge in [-0.25, -0.2) is 0 Å². The lowest BCUT2D eigenvalue weighted by Gasteiger charge is -2.17. The van der Waals surface area contributed by atoms with Gasteiger partial charge in [0.25, 0.3) is 0 Å². The summed E-state index contributed by atoms with van der Waals surface area (Å²) < 4.78 is 5.07. The molecule has 0 aliphatic rings. The molecule has 0 saturated heterocycles. The third-order valence-electron chi connectivity index (χ3n) is 3.73. The van der Waals surface area contributed by atoms with E-state index in [4.69, 9.17) is 4.74 Å². The highest BCUT2D eigenvalue weighted by Gasteiger charge is 2.26. The summed E-state index contributed by atoms with van der Waals surface area (Å²) in [4.78, 5) is 12.5. The first kappa shape index (κ1) is 16.3. The van der Waals surface area contributed by atoms with Crippen molar-refractivity contribution in [3.63, 3.8) is 0 Å². The minimum absolute atomic E-state index is 0.1000. The second-order valence-electron chi connectivity index (χ2n) is 5.11. The van der Waals surface area contributed by atoms with Crippen LogP contribution in [-0.4, -0.2) is 12.9 Å². The van der Waals surface area contributed by atoms with Crippen LogP contribution in [0.4, 0.5) is 0 Å². The molecule has 0 saturated carbocycles. The summed E-state index contributed by atoms with van der Waals surface area (Å²) in [5, 5.41) is 18.4. The van der Waals surface area contributed by atoms with Gasteiger partial charge in [-0.1, -0.05) is 30.3 Å². The minimum Gasteiger partial charge on any atom is -0.497 e. The molecular weight excluding hydrogens is 288 g/mol. The Morgan fingerprint density at radius 1 is 1.04 bits per heavy atom. The maximum atomic E-state index is 12.5. The number of carbonyl (C=O) groups is 1. The largest absolute Gasteiger partial charge is 0.497 e. The van der Waals surface area contributed by atoms with Crippen LogP contribution in [0.2, 0.25) is 0 Å². The number of rotatable bonds is 6. The summed E-state index contributed by atoms with van der Waals surface area (Å²) in [6.07, 6.45) is 0.113. The number of hydrogen-bond acceptors (Lipinski definition) is 4. The van der Waals surface area contributed by atoms with Gasteiger partial charge in [0.05, 0.1) is 19.2 Å². The zero-order valence-electron chi connectivity index (χ0n) is 12.8. The smallest absolute Gasteiger partial charge is 0.163 e. The number of benzene rings is 2. The first-order chi connectivity index (χ1) is 11.2. The Morgan fingerprint density at radius 3 is 2.17 bits per heavy atom. The van der Waals surface area contributed by atoms with E-state index in [0.717, 1.165) is 5.56 Å². The fourth-order valence-corrected chi connectivity index (χ4v) is 2.43. The van der Waals surface area contributed by atoms with Crippen molar-refractivity contribution < 1.29 is 9.53 Å². The van der Waals surface area contributed by atoms with E-state index in [1.54, 1.807) is 31.4 Å². The van der Waals surface area contributed by atoms with E-state index in [-0.39, 0.29) is 12.2 Å². The first-order valence-electron chi connectivity index (χ1n) is 7.21. The molecule has 0 unspecified atom stereocenters. The number of hydrogen-bond donors (Lipinski definition) is 0. The monoisotopic (exact) mass is 304 g/mol. The van der Waals surface area contributed by atoms with Gasteiger partial charge in [-0.05, 0) is 29.8 Å². The van der Waals surface area contributed by atoms with Gasteiger partial charge in [-0.2, -0.15) is 10.5 Å². The van der Waals surface area contributed by atoms with E-state index in [1.807, 2.05) is 42.5 Å². The Labute approximate surface area is 135 Å². The SMILES string of the molecule is COc1ccc(C(=O)C[C@H](c2ccccc2)C(C#N)C#N)cc1. The van der Waals surface area contributed by atoms with Gasteiger partial charge in [-0.3, -0.25) is 4.79 Å².